The van der Waals surface area contributed by atoms with E-state index < -0.39 is 23.5 Å². The third-order valence-corrected chi connectivity index (χ3v) is 5.98. The molecule has 2 atom stereocenters. The van der Waals surface area contributed by atoms with Crippen LogP contribution in [0.5, 0.6) is 5.75 Å². The molecule has 8 heteroatoms. The van der Waals surface area contributed by atoms with Crippen LogP contribution < -0.4 is 10.1 Å². The predicted octanol–water partition coefficient (Wildman–Crippen LogP) is 2.41. The number of benzene rings is 1. The van der Waals surface area contributed by atoms with E-state index in [2.05, 4.69) is 5.32 Å². The fourth-order valence-corrected chi connectivity index (χ4v) is 4.72. The van der Waals surface area contributed by atoms with Crippen molar-refractivity contribution >= 4 is 23.3 Å². The molecular formula is C19H19FN2O4S. The van der Waals surface area contributed by atoms with Gasteiger partial charge in [0.1, 0.15) is 18.2 Å². The van der Waals surface area contributed by atoms with Crippen molar-refractivity contribution in [3.63, 3.8) is 0 Å². The van der Waals surface area contributed by atoms with Crippen molar-refractivity contribution in [3.05, 3.63) is 52.0 Å². The molecular weight excluding hydrogens is 371 g/mol. The van der Waals surface area contributed by atoms with Crippen LogP contribution in [0.2, 0.25) is 0 Å². The first kappa shape index (κ1) is 17.9. The third kappa shape index (κ3) is 3.08. The quantitative estimate of drug-likeness (QED) is 0.769. The summed E-state index contributed by atoms with van der Waals surface area (Å²) in [6.07, 6.45) is 1.13. The van der Waals surface area contributed by atoms with Crippen LogP contribution in [0.25, 0.3) is 0 Å². The lowest BCUT2D eigenvalue weighted by atomic mass is 9.80. The summed E-state index contributed by atoms with van der Waals surface area (Å²) in [6, 6.07) is 7.22. The van der Waals surface area contributed by atoms with Gasteiger partial charge in [-0.1, -0.05) is 12.1 Å². The summed E-state index contributed by atoms with van der Waals surface area (Å²) in [5.74, 6) is -0.872. The molecule has 27 heavy (non-hydrogen) atoms. The van der Waals surface area contributed by atoms with Crippen LogP contribution in [0.1, 0.15) is 23.3 Å². The highest BCUT2D eigenvalue weighted by Crippen LogP contribution is 2.42. The molecule has 1 aromatic heterocycles. The van der Waals surface area contributed by atoms with Crippen LogP contribution in [0.3, 0.4) is 0 Å². The Balaban J connectivity index is 1.45. The van der Waals surface area contributed by atoms with Gasteiger partial charge in [0, 0.05) is 10.4 Å². The second-order valence-electron chi connectivity index (χ2n) is 6.76. The lowest BCUT2D eigenvalue weighted by Gasteiger charge is -2.31. The molecule has 2 aromatic rings. The number of halogens is 1. The van der Waals surface area contributed by atoms with Gasteiger partial charge in [0.25, 0.3) is 5.91 Å². The first-order chi connectivity index (χ1) is 13.0. The van der Waals surface area contributed by atoms with Gasteiger partial charge in [0.2, 0.25) is 0 Å². The second-order valence-corrected chi connectivity index (χ2v) is 7.76. The number of aliphatic hydroxyl groups is 1. The van der Waals surface area contributed by atoms with Gasteiger partial charge in [-0.2, -0.15) is 0 Å². The first-order valence-corrected chi connectivity index (χ1v) is 9.65. The summed E-state index contributed by atoms with van der Waals surface area (Å²) in [5.41, 5.74) is -0.173. The number of hydrogen-bond donors (Lipinski definition) is 2. The lowest BCUT2D eigenvalue weighted by Crippen LogP contribution is -2.46. The van der Waals surface area contributed by atoms with Gasteiger partial charge >= 0.3 is 6.03 Å². The van der Waals surface area contributed by atoms with Crippen LogP contribution in [-0.4, -0.2) is 41.2 Å². The molecule has 2 aliphatic rings. The Hall–Kier alpha value is -2.45. The number of amides is 3. The van der Waals surface area contributed by atoms with Gasteiger partial charge in [-0.05, 0) is 42.8 Å². The number of urea groups is 1. The molecule has 0 bridgehead atoms. The Bertz CT molecular complexity index is 886. The van der Waals surface area contributed by atoms with E-state index in [0.717, 1.165) is 28.2 Å². The molecule has 1 spiro atoms. The molecule has 1 fully saturated rings. The first-order valence-electron chi connectivity index (χ1n) is 8.77. The molecule has 1 aliphatic heterocycles. The van der Waals surface area contributed by atoms with Crippen LogP contribution >= 0.6 is 11.3 Å². The van der Waals surface area contributed by atoms with Crippen LogP contribution in [-0.2, 0) is 16.8 Å². The van der Waals surface area contributed by atoms with Crippen LogP contribution in [0.15, 0.2) is 35.7 Å². The molecule has 142 valence electrons. The van der Waals surface area contributed by atoms with E-state index in [-0.39, 0.29) is 24.8 Å². The molecule has 0 radical (unpaired) electrons. The highest BCUT2D eigenvalue weighted by atomic mass is 32.1. The molecule has 3 amide bonds. The van der Waals surface area contributed by atoms with Gasteiger partial charge in [0.05, 0.1) is 6.54 Å². The van der Waals surface area contributed by atoms with Crippen LogP contribution in [0.4, 0.5) is 9.18 Å². The average molecular weight is 390 g/mol. The number of β-amino-alcohol motifs (C(OH)–C–C–N with tert-alkyl or cyclic N) is 1. The van der Waals surface area contributed by atoms with Crippen LogP contribution in [0, 0.1) is 5.82 Å². The van der Waals surface area contributed by atoms with Crippen molar-refractivity contribution in [3.8, 4) is 5.75 Å². The monoisotopic (exact) mass is 390 g/mol. The molecule has 2 heterocycles. The Morgan fingerprint density at radius 3 is 2.96 bits per heavy atom. The maximum atomic E-state index is 13.6. The third-order valence-electron chi connectivity index (χ3n) is 5.00. The molecule has 0 saturated carbocycles. The predicted molar refractivity (Wildman–Crippen MR) is 97.1 cm³/mol. The fraction of sp³-hybridized carbons (Fsp3) is 0.368. The number of ether oxygens (including phenoxy) is 1. The van der Waals surface area contributed by atoms with E-state index >= 15 is 0 Å². The Kier molecular flexibility index (Phi) is 4.61. The number of aryl methyl sites for hydroxylation is 1. The molecule has 1 aromatic carbocycles. The van der Waals surface area contributed by atoms with Gasteiger partial charge in [-0.15, -0.1) is 11.3 Å². The molecule has 4 rings (SSSR count). The summed E-state index contributed by atoms with van der Waals surface area (Å²) in [5, 5.41) is 15.0. The van der Waals surface area contributed by atoms with Crippen molar-refractivity contribution in [2.45, 2.75) is 30.9 Å². The van der Waals surface area contributed by atoms with E-state index in [1.165, 1.54) is 18.2 Å². The molecule has 2 N–H and O–H groups in total. The van der Waals surface area contributed by atoms with Crippen molar-refractivity contribution in [2.24, 2.45) is 0 Å². The van der Waals surface area contributed by atoms with Crippen molar-refractivity contribution in [1.29, 1.82) is 0 Å². The summed E-state index contributed by atoms with van der Waals surface area (Å²) < 4.78 is 18.9. The minimum atomic E-state index is -1.13. The lowest BCUT2D eigenvalue weighted by molar-refractivity contribution is -0.133. The van der Waals surface area contributed by atoms with Crippen molar-refractivity contribution < 1.29 is 23.8 Å². The Morgan fingerprint density at radius 2 is 2.15 bits per heavy atom. The smallest absolute Gasteiger partial charge is 0.325 e. The highest BCUT2D eigenvalue weighted by molar-refractivity contribution is 7.10. The van der Waals surface area contributed by atoms with E-state index in [0.29, 0.717) is 6.42 Å². The summed E-state index contributed by atoms with van der Waals surface area (Å²) >= 11 is 1.58. The zero-order chi connectivity index (χ0) is 19.0. The number of thiophene rings is 1. The summed E-state index contributed by atoms with van der Waals surface area (Å²) in [6.45, 7) is -0.435. The minimum absolute atomic E-state index is 0.0143. The zero-order valence-electron chi connectivity index (χ0n) is 14.5. The normalized spacial score (nSPS) is 22.7. The molecule has 1 saturated heterocycles. The van der Waals surface area contributed by atoms with Gasteiger partial charge in [-0.3, -0.25) is 9.69 Å². The number of imide groups is 1. The fourth-order valence-electron chi connectivity index (χ4n) is 3.72. The number of para-hydroxylation sites is 1. The molecule has 6 nitrogen and oxygen atoms in total. The van der Waals surface area contributed by atoms with E-state index in [1.54, 1.807) is 17.4 Å². The van der Waals surface area contributed by atoms with E-state index in [1.807, 2.05) is 11.4 Å². The maximum Gasteiger partial charge on any atom is 0.325 e. The number of nitrogens with one attached hydrogen (secondary N) is 1. The number of fused-ring (bicyclic) bond motifs is 2. The highest BCUT2D eigenvalue weighted by Gasteiger charge is 2.54. The standard InChI is InChI=1S/C19H19FN2O4S/c20-14-4-1-2-5-15(14)26-11-12(23)10-22-17(24)19(21-18(22)25)8-3-6-16-13(19)7-9-27-16/h1-2,4-5,7,9,12,23H,3,6,8,10-11H2,(H,21,25)/t12-,19-/m0/s1. The average Bonchev–Trinajstić information content (AvgIpc) is 3.22. The number of carbonyl (C=O) groups excluding carboxylic acids is 2. The number of aliphatic hydroxyl groups excluding tert-OH is 1. The zero-order valence-corrected chi connectivity index (χ0v) is 15.3. The number of hydrogen-bond acceptors (Lipinski definition) is 5. The van der Waals surface area contributed by atoms with E-state index in [9.17, 15) is 19.1 Å². The van der Waals surface area contributed by atoms with E-state index in [4.69, 9.17) is 4.74 Å². The number of nitrogens with zero attached hydrogens (tertiary/aromatic N) is 1. The second kappa shape index (κ2) is 6.94. The Morgan fingerprint density at radius 1 is 1.33 bits per heavy atom. The van der Waals surface area contributed by atoms with Gasteiger partial charge in [-0.25, -0.2) is 9.18 Å². The van der Waals surface area contributed by atoms with Crippen molar-refractivity contribution in [2.75, 3.05) is 13.2 Å². The maximum absolute atomic E-state index is 13.6. The number of rotatable bonds is 5. The molecule has 1 aliphatic carbocycles. The topological polar surface area (TPSA) is 78.9 Å². The largest absolute Gasteiger partial charge is 0.488 e. The van der Waals surface area contributed by atoms with Gasteiger partial charge < -0.3 is 15.2 Å². The molecule has 0 unspecified atom stereocenters. The Labute approximate surface area is 159 Å². The number of carbonyl (C=O) groups is 2. The summed E-state index contributed by atoms with van der Waals surface area (Å²) in [7, 11) is 0. The van der Waals surface area contributed by atoms with Gasteiger partial charge in [0.15, 0.2) is 11.6 Å². The summed E-state index contributed by atoms with van der Waals surface area (Å²) in [4.78, 5) is 27.6. The minimum Gasteiger partial charge on any atom is -0.488 e. The SMILES string of the molecule is O=C1N[C@]2(CCCc3sccc32)C(=O)N1C[C@H](O)COc1ccccc1F. The van der Waals surface area contributed by atoms with Crippen molar-refractivity contribution in [1.82, 2.24) is 10.2 Å².